The van der Waals surface area contributed by atoms with Gasteiger partial charge in [-0.3, -0.25) is 5.10 Å². The zero-order chi connectivity index (χ0) is 14.8. The first-order chi connectivity index (χ1) is 10.9. The molecule has 0 aliphatic rings. The van der Waals surface area contributed by atoms with Crippen molar-refractivity contribution in [3.63, 3.8) is 0 Å². The topological polar surface area (TPSA) is 58.5 Å². The molecular weight excluding hydrogens is 274 g/mol. The average Bonchev–Trinajstić information content (AvgIpc) is 3.24. The van der Waals surface area contributed by atoms with E-state index in [1.165, 1.54) is 5.56 Å². The standard InChI is InChI=1S/C17H15N5/c1-2-5-17(22-9-3-8-20-22)15(4-1)18-11-13-6-7-14-12-19-21-16(14)10-13/h1-10,12,18H,11H2,(H,19,21). The monoisotopic (exact) mass is 289 g/mol. The highest BCUT2D eigenvalue weighted by atomic mass is 15.3. The molecular formula is C17H15N5. The Labute approximate surface area is 127 Å². The van der Waals surface area contributed by atoms with Gasteiger partial charge in [-0.2, -0.15) is 10.2 Å². The van der Waals surface area contributed by atoms with E-state index in [0.717, 1.165) is 28.8 Å². The Balaban J connectivity index is 1.59. The van der Waals surface area contributed by atoms with Gasteiger partial charge in [-0.15, -0.1) is 0 Å². The van der Waals surface area contributed by atoms with Crippen LogP contribution in [0.15, 0.2) is 67.1 Å². The molecule has 0 saturated heterocycles. The van der Waals surface area contributed by atoms with Gasteiger partial charge in [-0.25, -0.2) is 4.68 Å². The third-order valence-corrected chi connectivity index (χ3v) is 3.64. The minimum absolute atomic E-state index is 0.743. The first-order valence-electron chi connectivity index (χ1n) is 7.15. The number of fused-ring (bicyclic) bond motifs is 1. The smallest absolute Gasteiger partial charge is 0.0876 e. The van der Waals surface area contributed by atoms with Gasteiger partial charge in [-0.1, -0.05) is 24.3 Å². The second kappa shape index (κ2) is 5.37. The lowest BCUT2D eigenvalue weighted by Gasteiger charge is -2.12. The lowest BCUT2D eigenvalue weighted by molar-refractivity contribution is 0.879. The van der Waals surface area contributed by atoms with E-state index < -0.39 is 0 Å². The summed E-state index contributed by atoms with van der Waals surface area (Å²) >= 11 is 0. The molecule has 0 fully saturated rings. The molecule has 2 heterocycles. The van der Waals surface area contributed by atoms with E-state index in [2.05, 4.69) is 44.9 Å². The molecule has 0 aliphatic heterocycles. The number of aromatic nitrogens is 4. The summed E-state index contributed by atoms with van der Waals surface area (Å²) in [7, 11) is 0. The molecule has 0 bridgehead atoms. The van der Waals surface area contributed by atoms with Gasteiger partial charge in [0.05, 0.1) is 23.1 Å². The van der Waals surface area contributed by atoms with Crippen molar-refractivity contribution < 1.29 is 0 Å². The van der Waals surface area contributed by atoms with Crippen LogP contribution in [0.3, 0.4) is 0 Å². The maximum absolute atomic E-state index is 4.30. The Hall–Kier alpha value is -3.08. The second-order valence-corrected chi connectivity index (χ2v) is 5.11. The number of benzene rings is 2. The molecule has 0 radical (unpaired) electrons. The number of hydrogen-bond donors (Lipinski definition) is 2. The van der Waals surface area contributed by atoms with E-state index in [1.807, 2.05) is 41.3 Å². The van der Waals surface area contributed by atoms with Crippen LogP contribution in [0.4, 0.5) is 5.69 Å². The molecule has 0 atom stereocenters. The van der Waals surface area contributed by atoms with E-state index in [9.17, 15) is 0 Å². The number of para-hydroxylation sites is 2. The van der Waals surface area contributed by atoms with Gasteiger partial charge in [0, 0.05) is 24.3 Å². The average molecular weight is 289 g/mol. The second-order valence-electron chi connectivity index (χ2n) is 5.11. The van der Waals surface area contributed by atoms with Crippen LogP contribution in [-0.2, 0) is 6.54 Å². The zero-order valence-electron chi connectivity index (χ0n) is 11.9. The molecule has 108 valence electrons. The Morgan fingerprint density at radius 3 is 2.95 bits per heavy atom. The van der Waals surface area contributed by atoms with Crippen LogP contribution in [-0.4, -0.2) is 20.0 Å². The van der Waals surface area contributed by atoms with Crippen molar-refractivity contribution in [2.45, 2.75) is 6.54 Å². The molecule has 5 heteroatoms. The number of hydrogen-bond acceptors (Lipinski definition) is 3. The van der Waals surface area contributed by atoms with Crippen LogP contribution >= 0.6 is 0 Å². The molecule has 0 amide bonds. The van der Waals surface area contributed by atoms with E-state index in [1.54, 1.807) is 6.20 Å². The van der Waals surface area contributed by atoms with Crippen LogP contribution in [0.5, 0.6) is 0 Å². The minimum atomic E-state index is 0.743. The van der Waals surface area contributed by atoms with Crippen LogP contribution in [0.2, 0.25) is 0 Å². The summed E-state index contributed by atoms with van der Waals surface area (Å²) in [4.78, 5) is 0. The summed E-state index contributed by atoms with van der Waals surface area (Å²) in [5.74, 6) is 0. The number of aromatic amines is 1. The summed E-state index contributed by atoms with van der Waals surface area (Å²) in [5.41, 5.74) is 4.35. The third kappa shape index (κ3) is 2.33. The molecule has 2 N–H and O–H groups in total. The first kappa shape index (κ1) is 12.6. The Morgan fingerprint density at radius 1 is 1.09 bits per heavy atom. The Bertz CT molecular complexity index is 892. The quantitative estimate of drug-likeness (QED) is 0.605. The third-order valence-electron chi connectivity index (χ3n) is 3.64. The summed E-state index contributed by atoms with van der Waals surface area (Å²) in [6.45, 7) is 0.743. The molecule has 0 unspecified atom stereocenters. The summed E-state index contributed by atoms with van der Waals surface area (Å²) in [6, 6.07) is 16.4. The predicted octanol–water partition coefficient (Wildman–Crippen LogP) is 3.36. The summed E-state index contributed by atoms with van der Waals surface area (Å²) < 4.78 is 1.86. The zero-order valence-corrected chi connectivity index (χ0v) is 11.9. The van der Waals surface area contributed by atoms with Gasteiger partial charge >= 0.3 is 0 Å². The van der Waals surface area contributed by atoms with Gasteiger partial charge in [0.25, 0.3) is 0 Å². The predicted molar refractivity (Wildman–Crippen MR) is 87.0 cm³/mol. The van der Waals surface area contributed by atoms with Crippen molar-refractivity contribution in [2.75, 3.05) is 5.32 Å². The van der Waals surface area contributed by atoms with Crippen molar-refractivity contribution in [3.05, 3.63) is 72.7 Å². The van der Waals surface area contributed by atoms with Crippen molar-refractivity contribution >= 4 is 16.6 Å². The number of H-pyrrole nitrogens is 1. The van der Waals surface area contributed by atoms with Gasteiger partial charge in [0.15, 0.2) is 0 Å². The fourth-order valence-corrected chi connectivity index (χ4v) is 2.53. The van der Waals surface area contributed by atoms with Gasteiger partial charge in [-0.05, 0) is 29.8 Å². The minimum Gasteiger partial charge on any atom is -0.379 e. The fourth-order valence-electron chi connectivity index (χ4n) is 2.53. The first-order valence-corrected chi connectivity index (χ1v) is 7.15. The van der Waals surface area contributed by atoms with Gasteiger partial charge < -0.3 is 5.32 Å². The molecule has 0 saturated carbocycles. The largest absolute Gasteiger partial charge is 0.379 e. The number of rotatable bonds is 4. The highest BCUT2D eigenvalue weighted by molar-refractivity contribution is 5.78. The highest BCUT2D eigenvalue weighted by Gasteiger charge is 2.04. The molecule has 4 aromatic rings. The van der Waals surface area contributed by atoms with Crippen molar-refractivity contribution in [3.8, 4) is 5.69 Å². The lowest BCUT2D eigenvalue weighted by Crippen LogP contribution is -2.04. The van der Waals surface area contributed by atoms with E-state index in [4.69, 9.17) is 0 Å². The van der Waals surface area contributed by atoms with Crippen molar-refractivity contribution in [1.29, 1.82) is 0 Å². The maximum atomic E-state index is 4.30. The molecule has 0 aliphatic carbocycles. The van der Waals surface area contributed by atoms with Crippen LogP contribution < -0.4 is 5.32 Å². The number of nitrogens with one attached hydrogen (secondary N) is 2. The van der Waals surface area contributed by atoms with Gasteiger partial charge in [0.2, 0.25) is 0 Å². The van der Waals surface area contributed by atoms with Gasteiger partial charge in [0.1, 0.15) is 0 Å². The number of anilines is 1. The highest BCUT2D eigenvalue weighted by Crippen LogP contribution is 2.20. The molecule has 2 aromatic heterocycles. The van der Waals surface area contributed by atoms with E-state index in [0.29, 0.717) is 0 Å². The summed E-state index contributed by atoms with van der Waals surface area (Å²) in [5, 5.41) is 16.0. The van der Waals surface area contributed by atoms with Crippen molar-refractivity contribution in [2.24, 2.45) is 0 Å². The van der Waals surface area contributed by atoms with E-state index >= 15 is 0 Å². The normalized spacial score (nSPS) is 10.9. The molecule has 22 heavy (non-hydrogen) atoms. The Kier molecular flexibility index (Phi) is 3.08. The number of nitrogens with zero attached hydrogens (tertiary/aromatic N) is 3. The Morgan fingerprint density at radius 2 is 2.05 bits per heavy atom. The lowest BCUT2D eigenvalue weighted by atomic mass is 10.1. The van der Waals surface area contributed by atoms with Crippen LogP contribution in [0.1, 0.15) is 5.56 Å². The summed E-state index contributed by atoms with van der Waals surface area (Å²) in [6.07, 6.45) is 5.56. The van der Waals surface area contributed by atoms with Crippen LogP contribution in [0.25, 0.3) is 16.6 Å². The van der Waals surface area contributed by atoms with E-state index in [-0.39, 0.29) is 0 Å². The van der Waals surface area contributed by atoms with Crippen LogP contribution in [0, 0.1) is 0 Å². The van der Waals surface area contributed by atoms with Crippen molar-refractivity contribution in [1.82, 2.24) is 20.0 Å². The molecule has 0 spiro atoms. The maximum Gasteiger partial charge on any atom is 0.0876 e. The SMILES string of the molecule is c1ccc(-n2cccn2)c(NCc2ccc3cn[nH]c3c2)c1. The fraction of sp³-hybridized carbons (Fsp3) is 0.0588. The molecule has 4 rings (SSSR count). The molecule has 2 aromatic carbocycles. The molecule has 5 nitrogen and oxygen atoms in total.